The lowest BCUT2D eigenvalue weighted by Crippen LogP contribution is -2.41. The van der Waals surface area contributed by atoms with Crippen LogP contribution in [0.5, 0.6) is 0 Å². The molecule has 0 aromatic rings. The van der Waals surface area contributed by atoms with Gasteiger partial charge in [-0.1, -0.05) is 12.8 Å². The summed E-state index contributed by atoms with van der Waals surface area (Å²) in [4.78, 5) is 12.6. The van der Waals surface area contributed by atoms with Crippen LogP contribution < -0.4 is 0 Å². The van der Waals surface area contributed by atoms with Crippen molar-refractivity contribution in [3.8, 4) is 0 Å². The average molecular weight is 221 g/mol. The van der Waals surface area contributed by atoms with Gasteiger partial charge in [0, 0.05) is 6.54 Å². The molecule has 5 heteroatoms. The molecule has 0 atom stereocenters. The molecule has 0 spiro atoms. The Hall–Kier alpha value is -0.710. The van der Waals surface area contributed by atoms with Crippen LogP contribution in [0.3, 0.4) is 0 Å². The van der Waals surface area contributed by atoms with Crippen molar-refractivity contribution >= 4 is 5.97 Å². The Morgan fingerprint density at radius 2 is 2.00 bits per heavy atom. The predicted molar refractivity (Wildman–Crippen MR) is 52.0 cm³/mol. The average Bonchev–Trinajstić information content (AvgIpc) is 2.52. The van der Waals surface area contributed by atoms with Crippen molar-refractivity contribution in [2.45, 2.75) is 32.1 Å². The van der Waals surface area contributed by atoms with E-state index in [9.17, 15) is 13.6 Å². The van der Waals surface area contributed by atoms with Crippen LogP contribution >= 0.6 is 0 Å². The topological polar surface area (TPSA) is 40.5 Å². The minimum atomic E-state index is -2.40. The summed E-state index contributed by atoms with van der Waals surface area (Å²) in [7, 11) is 1.55. The zero-order chi connectivity index (χ0) is 11.5. The van der Waals surface area contributed by atoms with Crippen molar-refractivity contribution < 1.29 is 18.7 Å². The largest absolute Gasteiger partial charge is 0.481 e. The second-order valence-electron chi connectivity index (χ2n) is 4.38. The van der Waals surface area contributed by atoms with E-state index < -0.39 is 17.8 Å². The SMILES string of the molecule is CN(CC(F)F)CC1(C(=O)O)CCCC1. The maximum atomic E-state index is 12.1. The van der Waals surface area contributed by atoms with Crippen LogP contribution in [-0.4, -0.2) is 42.5 Å². The minimum absolute atomic E-state index is 0.229. The number of hydrogen-bond donors (Lipinski definition) is 1. The third-order valence-corrected chi connectivity index (χ3v) is 3.04. The summed E-state index contributed by atoms with van der Waals surface area (Å²) in [6.07, 6.45) is 0.581. The molecule has 1 aliphatic rings. The van der Waals surface area contributed by atoms with Crippen LogP contribution in [-0.2, 0) is 4.79 Å². The van der Waals surface area contributed by atoms with E-state index in [-0.39, 0.29) is 13.1 Å². The van der Waals surface area contributed by atoms with E-state index in [0.29, 0.717) is 12.8 Å². The number of halogens is 2. The second-order valence-corrected chi connectivity index (χ2v) is 4.38. The maximum Gasteiger partial charge on any atom is 0.310 e. The van der Waals surface area contributed by atoms with Gasteiger partial charge in [0.15, 0.2) is 0 Å². The summed E-state index contributed by atoms with van der Waals surface area (Å²) in [5.41, 5.74) is -0.788. The van der Waals surface area contributed by atoms with Crippen LogP contribution in [0.1, 0.15) is 25.7 Å². The molecule has 0 bridgehead atoms. The number of hydrogen-bond acceptors (Lipinski definition) is 2. The molecule has 3 nitrogen and oxygen atoms in total. The molecule has 15 heavy (non-hydrogen) atoms. The van der Waals surface area contributed by atoms with Gasteiger partial charge in [-0.15, -0.1) is 0 Å². The van der Waals surface area contributed by atoms with Crippen molar-refractivity contribution in [3.63, 3.8) is 0 Å². The van der Waals surface area contributed by atoms with Crippen molar-refractivity contribution in [3.05, 3.63) is 0 Å². The van der Waals surface area contributed by atoms with E-state index >= 15 is 0 Å². The first-order valence-electron chi connectivity index (χ1n) is 5.16. The van der Waals surface area contributed by atoms with Crippen molar-refractivity contribution in [2.75, 3.05) is 20.1 Å². The van der Waals surface area contributed by atoms with Gasteiger partial charge in [0.05, 0.1) is 12.0 Å². The minimum Gasteiger partial charge on any atom is -0.481 e. The number of carbonyl (C=O) groups is 1. The molecule has 1 aliphatic carbocycles. The molecule has 0 saturated heterocycles. The second kappa shape index (κ2) is 4.88. The van der Waals surface area contributed by atoms with Crippen LogP contribution in [0.25, 0.3) is 0 Å². The fourth-order valence-electron chi connectivity index (χ4n) is 2.31. The molecular formula is C10H17F2NO2. The van der Waals surface area contributed by atoms with Gasteiger partial charge in [0.1, 0.15) is 0 Å². The van der Waals surface area contributed by atoms with Crippen LogP contribution in [0.2, 0.25) is 0 Å². The number of alkyl halides is 2. The number of aliphatic carboxylic acids is 1. The van der Waals surface area contributed by atoms with Crippen LogP contribution in [0, 0.1) is 5.41 Å². The molecule has 1 rings (SSSR count). The number of carboxylic acid groups (broad SMARTS) is 1. The Bertz CT molecular complexity index is 227. The summed E-state index contributed by atoms with van der Waals surface area (Å²) in [6, 6.07) is 0. The highest BCUT2D eigenvalue weighted by molar-refractivity contribution is 5.75. The molecule has 0 heterocycles. The Labute approximate surface area is 88.1 Å². The molecular weight excluding hydrogens is 204 g/mol. The van der Waals surface area contributed by atoms with Gasteiger partial charge in [-0.2, -0.15) is 0 Å². The summed E-state index contributed by atoms with van der Waals surface area (Å²) < 4.78 is 24.2. The highest BCUT2D eigenvalue weighted by Crippen LogP contribution is 2.38. The Kier molecular flexibility index (Phi) is 4.02. The first kappa shape index (κ1) is 12.4. The highest BCUT2D eigenvalue weighted by Gasteiger charge is 2.42. The molecule has 0 amide bonds. The standard InChI is InChI=1S/C10H17F2NO2/c1-13(6-8(11)12)7-10(9(14)15)4-2-3-5-10/h8H,2-7H2,1H3,(H,14,15). The van der Waals surface area contributed by atoms with Gasteiger partial charge in [-0.3, -0.25) is 9.69 Å². The molecule has 1 saturated carbocycles. The fourth-order valence-corrected chi connectivity index (χ4v) is 2.31. The zero-order valence-electron chi connectivity index (χ0n) is 8.88. The molecule has 1 N–H and O–H groups in total. The fraction of sp³-hybridized carbons (Fsp3) is 0.900. The zero-order valence-corrected chi connectivity index (χ0v) is 8.88. The Morgan fingerprint density at radius 1 is 1.47 bits per heavy atom. The van der Waals surface area contributed by atoms with E-state index in [1.165, 1.54) is 4.90 Å². The van der Waals surface area contributed by atoms with Crippen molar-refractivity contribution in [1.82, 2.24) is 4.90 Å². The molecule has 0 aromatic heterocycles. The summed E-state index contributed by atoms with van der Waals surface area (Å²) >= 11 is 0. The molecule has 1 fully saturated rings. The van der Waals surface area contributed by atoms with Gasteiger partial charge in [-0.05, 0) is 19.9 Å². The van der Waals surface area contributed by atoms with Gasteiger partial charge < -0.3 is 5.11 Å². The summed E-state index contributed by atoms with van der Waals surface area (Å²) in [5.74, 6) is -0.846. The maximum absolute atomic E-state index is 12.1. The van der Waals surface area contributed by atoms with Gasteiger partial charge in [0.2, 0.25) is 0 Å². The van der Waals surface area contributed by atoms with E-state index in [1.54, 1.807) is 7.05 Å². The van der Waals surface area contributed by atoms with Gasteiger partial charge >= 0.3 is 5.97 Å². The molecule has 0 aliphatic heterocycles. The van der Waals surface area contributed by atoms with Gasteiger partial charge in [0.25, 0.3) is 6.43 Å². The first-order chi connectivity index (χ1) is 6.96. The van der Waals surface area contributed by atoms with Crippen LogP contribution in [0.4, 0.5) is 8.78 Å². The number of rotatable bonds is 5. The number of carboxylic acids is 1. The van der Waals surface area contributed by atoms with Gasteiger partial charge in [-0.25, -0.2) is 8.78 Å². The van der Waals surface area contributed by atoms with Crippen LogP contribution in [0.15, 0.2) is 0 Å². The molecule has 0 unspecified atom stereocenters. The Balaban J connectivity index is 2.55. The smallest absolute Gasteiger partial charge is 0.310 e. The first-order valence-corrected chi connectivity index (χ1v) is 5.16. The van der Waals surface area contributed by atoms with E-state index in [4.69, 9.17) is 5.11 Å². The van der Waals surface area contributed by atoms with Crippen molar-refractivity contribution in [2.24, 2.45) is 5.41 Å². The summed E-state index contributed by atoms with van der Waals surface area (Å²) in [6.45, 7) is -0.123. The lowest BCUT2D eigenvalue weighted by molar-refractivity contribution is -0.150. The van der Waals surface area contributed by atoms with E-state index in [1.807, 2.05) is 0 Å². The normalized spacial score (nSPS) is 20.1. The highest BCUT2D eigenvalue weighted by atomic mass is 19.3. The Morgan fingerprint density at radius 3 is 2.40 bits per heavy atom. The quantitative estimate of drug-likeness (QED) is 0.770. The lowest BCUT2D eigenvalue weighted by atomic mass is 9.86. The van der Waals surface area contributed by atoms with Crippen molar-refractivity contribution in [1.29, 1.82) is 0 Å². The third kappa shape index (κ3) is 3.12. The molecule has 88 valence electrons. The predicted octanol–water partition coefficient (Wildman–Crippen LogP) is 1.83. The number of nitrogens with zero attached hydrogens (tertiary/aromatic N) is 1. The third-order valence-electron chi connectivity index (χ3n) is 3.04. The lowest BCUT2D eigenvalue weighted by Gasteiger charge is -2.29. The molecule has 0 radical (unpaired) electrons. The van der Waals surface area contributed by atoms with E-state index in [2.05, 4.69) is 0 Å². The molecule has 0 aromatic carbocycles. The summed E-state index contributed by atoms with van der Waals surface area (Å²) in [5, 5.41) is 9.13. The monoisotopic (exact) mass is 221 g/mol. The van der Waals surface area contributed by atoms with E-state index in [0.717, 1.165) is 12.8 Å².